The predicted molar refractivity (Wildman–Crippen MR) is 55.6 cm³/mol. The number of carboxylic acid groups (broad SMARTS) is 1. The van der Waals surface area contributed by atoms with Crippen LogP contribution in [0, 0.1) is 0 Å². The maximum atomic E-state index is 10.1. The second-order valence-electron chi connectivity index (χ2n) is 3.32. The molecule has 0 saturated carbocycles. The Labute approximate surface area is 89.7 Å². The fraction of sp³-hybridized carbons (Fsp3) is 0.417. The molecule has 0 atom stereocenters. The number of aryl methyl sites for hydroxylation is 1. The molecule has 0 amide bonds. The van der Waals surface area contributed by atoms with E-state index >= 15 is 0 Å². The minimum Gasteiger partial charge on any atom is -0.550 e. The van der Waals surface area contributed by atoms with E-state index in [1.54, 1.807) is 0 Å². The standard InChI is InChI=1S/C12H16O3/c1-2-10-5-7-11(8-6-10)15-9-3-4-12(13)14/h5-8H,2-4,9H2,1H3,(H,13,14)/p-1. The van der Waals surface area contributed by atoms with E-state index in [-0.39, 0.29) is 6.42 Å². The lowest BCUT2D eigenvalue weighted by atomic mass is 10.2. The van der Waals surface area contributed by atoms with Gasteiger partial charge in [-0.2, -0.15) is 0 Å². The van der Waals surface area contributed by atoms with Gasteiger partial charge in [0, 0.05) is 5.97 Å². The summed E-state index contributed by atoms with van der Waals surface area (Å²) in [5.74, 6) is -0.245. The highest BCUT2D eigenvalue weighted by Gasteiger charge is 1.94. The maximum Gasteiger partial charge on any atom is 0.119 e. The van der Waals surface area contributed by atoms with Gasteiger partial charge in [-0.25, -0.2) is 0 Å². The smallest absolute Gasteiger partial charge is 0.119 e. The molecule has 0 fully saturated rings. The molecule has 82 valence electrons. The van der Waals surface area contributed by atoms with Gasteiger partial charge in [-0.05, 0) is 37.0 Å². The molecule has 0 radical (unpaired) electrons. The molecule has 3 nitrogen and oxygen atoms in total. The van der Waals surface area contributed by atoms with Crippen LogP contribution in [0.3, 0.4) is 0 Å². The maximum absolute atomic E-state index is 10.1. The summed E-state index contributed by atoms with van der Waals surface area (Å²) in [6.45, 7) is 2.51. The highest BCUT2D eigenvalue weighted by molar-refractivity contribution is 5.64. The van der Waals surface area contributed by atoms with Crippen LogP contribution in [0.15, 0.2) is 24.3 Å². The summed E-state index contributed by atoms with van der Waals surface area (Å²) in [5.41, 5.74) is 1.26. The number of ether oxygens (including phenoxy) is 1. The van der Waals surface area contributed by atoms with Crippen molar-refractivity contribution in [3.8, 4) is 5.75 Å². The first-order valence-corrected chi connectivity index (χ1v) is 5.14. The van der Waals surface area contributed by atoms with E-state index in [4.69, 9.17) is 4.74 Å². The van der Waals surface area contributed by atoms with Gasteiger partial charge in [0.25, 0.3) is 0 Å². The van der Waals surface area contributed by atoms with Gasteiger partial charge >= 0.3 is 0 Å². The summed E-state index contributed by atoms with van der Waals surface area (Å²) in [6, 6.07) is 7.82. The minimum atomic E-state index is -1.03. The molecule has 0 bridgehead atoms. The van der Waals surface area contributed by atoms with E-state index in [9.17, 15) is 9.90 Å². The summed E-state index contributed by atoms with van der Waals surface area (Å²) in [7, 11) is 0. The summed E-state index contributed by atoms with van der Waals surface area (Å²) in [5, 5.41) is 10.1. The lowest BCUT2D eigenvalue weighted by Gasteiger charge is -2.06. The SMILES string of the molecule is CCc1ccc(OCCCC(=O)[O-])cc1. The first-order chi connectivity index (χ1) is 7.22. The fourth-order valence-electron chi connectivity index (χ4n) is 1.23. The Morgan fingerprint density at radius 3 is 2.53 bits per heavy atom. The fourth-order valence-corrected chi connectivity index (χ4v) is 1.23. The Morgan fingerprint density at radius 2 is 2.00 bits per heavy atom. The van der Waals surface area contributed by atoms with Crippen LogP contribution in [0.25, 0.3) is 0 Å². The molecule has 0 aliphatic rings. The number of carbonyl (C=O) groups excluding carboxylic acids is 1. The van der Waals surface area contributed by atoms with Gasteiger partial charge in [0.1, 0.15) is 5.75 Å². The quantitative estimate of drug-likeness (QED) is 0.658. The van der Waals surface area contributed by atoms with Gasteiger partial charge in [0.15, 0.2) is 0 Å². The topological polar surface area (TPSA) is 49.4 Å². The number of hydrogen-bond acceptors (Lipinski definition) is 3. The number of hydrogen-bond donors (Lipinski definition) is 0. The number of carboxylic acids is 1. The van der Waals surface area contributed by atoms with Gasteiger partial charge in [-0.15, -0.1) is 0 Å². The van der Waals surface area contributed by atoms with E-state index in [1.807, 2.05) is 24.3 Å². The number of benzene rings is 1. The number of aliphatic carboxylic acids is 1. The van der Waals surface area contributed by atoms with Crippen molar-refractivity contribution in [1.29, 1.82) is 0 Å². The van der Waals surface area contributed by atoms with Gasteiger partial charge in [-0.1, -0.05) is 19.1 Å². The molecule has 0 aromatic heterocycles. The van der Waals surface area contributed by atoms with E-state index < -0.39 is 5.97 Å². The third-order valence-electron chi connectivity index (χ3n) is 2.13. The zero-order valence-corrected chi connectivity index (χ0v) is 8.86. The zero-order valence-electron chi connectivity index (χ0n) is 8.86. The van der Waals surface area contributed by atoms with Crippen molar-refractivity contribution in [3.63, 3.8) is 0 Å². The van der Waals surface area contributed by atoms with E-state index in [2.05, 4.69) is 6.92 Å². The average Bonchev–Trinajstić information content (AvgIpc) is 2.25. The van der Waals surface area contributed by atoms with Crippen LogP contribution in [0.1, 0.15) is 25.3 Å². The second-order valence-corrected chi connectivity index (χ2v) is 3.32. The Kier molecular flexibility index (Phi) is 4.68. The molecule has 0 saturated heterocycles. The van der Waals surface area contributed by atoms with Crippen molar-refractivity contribution < 1.29 is 14.6 Å². The van der Waals surface area contributed by atoms with Crippen LogP contribution >= 0.6 is 0 Å². The third kappa shape index (κ3) is 4.49. The van der Waals surface area contributed by atoms with Gasteiger partial charge in [0.05, 0.1) is 6.61 Å². The Balaban J connectivity index is 2.28. The molecule has 15 heavy (non-hydrogen) atoms. The largest absolute Gasteiger partial charge is 0.550 e. The van der Waals surface area contributed by atoms with E-state index in [1.165, 1.54) is 5.56 Å². The minimum absolute atomic E-state index is 0.0487. The zero-order chi connectivity index (χ0) is 11.1. The Bertz CT molecular complexity index is 303. The molecule has 3 heteroatoms. The molecule has 1 rings (SSSR count). The molecule has 0 unspecified atom stereocenters. The van der Waals surface area contributed by atoms with E-state index in [0.717, 1.165) is 12.2 Å². The highest BCUT2D eigenvalue weighted by Crippen LogP contribution is 2.12. The lowest BCUT2D eigenvalue weighted by molar-refractivity contribution is -0.305. The molecule has 1 aromatic rings. The Morgan fingerprint density at radius 1 is 1.33 bits per heavy atom. The van der Waals surface area contributed by atoms with Crippen molar-refractivity contribution in [2.45, 2.75) is 26.2 Å². The summed E-state index contributed by atoms with van der Waals surface area (Å²) in [4.78, 5) is 10.1. The number of rotatable bonds is 6. The van der Waals surface area contributed by atoms with Crippen molar-refractivity contribution in [1.82, 2.24) is 0 Å². The molecule has 1 aromatic carbocycles. The molecule has 0 spiro atoms. The van der Waals surface area contributed by atoms with Crippen molar-refractivity contribution in [3.05, 3.63) is 29.8 Å². The monoisotopic (exact) mass is 207 g/mol. The number of carbonyl (C=O) groups is 1. The van der Waals surface area contributed by atoms with Gasteiger partial charge in [0.2, 0.25) is 0 Å². The van der Waals surface area contributed by atoms with Crippen LogP contribution in [-0.4, -0.2) is 12.6 Å². The van der Waals surface area contributed by atoms with Gasteiger partial charge < -0.3 is 14.6 Å². The summed E-state index contributed by atoms with van der Waals surface area (Å²) < 4.78 is 5.36. The van der Waals surface area contributed by atoms with Gasteiger partial charge in [-0.3, -0.25) is 0 Å². The van der Waals surface area contributed by atoms with Crippen LogP contribution in [-0.2, 0) is 11.2 Å². The van der Waals surface area contributed by atoms with Crippen LogP contribution in [0.2, 0.25) is 0 Å². The molecule has 0 heterocycles. The molecule has 0 N–H and O–H groups in total. The predicted octanol–water partition coefficient (Wildman–Crippen LogP) is 1.16. The Hall–Kier alpha value is -1.51. The van der Waals surface area contributed by atoms with Crippen molar-refractivity contribution >= 4 is 5.97 Å². The lowest BCUT2D eigenvalue weighted by Crippen LogP contribution is -2.22. The van der Waals surface area contributed by atoms with Crippen molar-refractivity contribution in [2.24, 2.45) is 0 Å². The molecule has 0 aliphatic carbocycles. The molecular weight excluding hydrogens is 192 g/mol. The van der Waals surface area contributed by atoms with Crippen LogP contribution < -0.4 is 9.84 Å². The first-order valence-electron chi connectivity index (χ1n) is 5.14. The normalized spacial score (nSPS) is 9.93. The van der Waals surface area contributed by atoms with Crippen LogP contribution in [0.5, 0.6) is 5.75 Å². The summed E-state index contributed by atoms with van der Waals surface area (Å²) >= 11 is 0. The van der Waals surface area contributed by atoms with Crippen LogP contribution in [0.4, 0.5) is 0 Å². The average molecular weight is 207 g/mol. The van der Waals surface area contributed by atoms with E-state index in [0.29, 0.717) is 13.0 Å². The second kappa shape index (κ2) is 6.06. The highest BCUT2D eigenvalue weighted by atomic mass is 16.5. The molecular formula is C12H15O3-. The summed E-state index contributed by atoms with van der Waals surface area (Å²) in [6.07, 6.45) is 1.54. The third-order valence-corrected chi connectivity index (χ3v) is 2.13. The first kappa shape index (κ1) is 11.6. The van der Waals surface area contributed by atoms with Crippen molar-refractivity contribution in [2.75, 3.05) is 6.61 Å². The molecule has 0 aliphatic heterocycles.